The van der Waals surface area contributed by atoms with Crippen LogP contribution in [0.15, 0.2) is 0 Å². The Morgan fingerprint density at radius 1 is 1.35 bits per heavy atom. The minimum absolute atomic E-state index is 0.0897. The maximum atomic E-state index is 11.0. The molecule has 0 fully saturated rings. The fourth-order valence-electron chi connectivity index (χ4n) is 0.985. The number of esters is 1. The van der Waals surface area contributed by atoms with Gasteiger partial charge in [0, 0.05) is 0 Å². The predicted molar refractivity (Wildman–Crippen MR) is 53.2 cm³/mol. The maximum Gasteiger partial charge on any atom is 0.322 e. The van der Waals surface area contributed by atoms with Gasteiger partial charge in [0.25, 0.3) is 0 Å². The molecule has 0 saturated carbocycles. The Morgan fingerprint density at radius 2 is 1.94 bits per heavy atom. The van der Waals surface area contributed by atoms with E-state index in [9.17, 15) is 19.8 Å². The first-order valence-corrected chi connectivity index (χ1v) is 4.71. The minimum atomic E-state index is -1.85. The molecule has 9 nitrogen and oxygen atoms in total. The quantitative estimate of drug-likeness (QED) is 0.108. The zero-order valence-corrected chi connectivity index (χ0v) is 8.89. The van der Waals surface area contributed by atoms with Crippen LogP contribution in [0.3, 0.4) is 0 Å². The highest BCUT2D eigenvalue weighted by molar-refractivity contribution is 5.74. The van der Waals surface area contributed by atoms with Crippen LogP contribution >= 0.6 is 0 Å². The van der Waals surface area contributed by atoms with Crippen LogP contribution in [0, 0.1) is 0 Å². The molecule has 0 aliphatic carbocycles. The summed E-state index contributed by atoms with van der Waals surface area (Å²) in [6.45, 7) is -1.21. The Labute approximate surface area is 96.8 Å². The first-order valence-electron chi connectivity index (χ1n) is 4.71. The van der Waals surface area contributed by atoms with Crippen molar-refractivity contribution in [2.75, 3.05) is 13.2 Å². The molecule has 17 heavy (non-hydrogen) atoms. The van der Waals surface area contributed by atoms with E-state index in [4.69, 9.17) is 16.1 Å². The highest BCUT2D eigenvalue weighted by Crippen LogP contribution is 2.07. The molecule has 0 rings (SSSR count). The van der Waals surface area contributed by atoms with Gasteiger partial charge in [0.05, 0.1) is 6.61 Å². The third-order valence-corrected chi connectivity index (χ3v) is 1.92. The number of nitrogens with two attached hydrogens (primary N) is 1. The molecule has 4 atom stereocenters. The molecule has 0 aliphatic rings. The molecular weight excluding hydrogens is 236 g/mol. The van der Waals surface area contributed by atoms with Gasteiger partial charge in [0.2, 0.25) is 0 Å². The van der Waals surface area contributed by atoms with Gasteiger partial charge >= 0.3 is 5.97 Å². The van der Waals surface area contributed by atoms with Gasteiger partial charge in [-0.2, -0.15) is 0 Å². The van der Waals surface area contributed by atoms with Crippen LogP contribution in [0.4, 0.5) is 0 Å². The van der Waals surface area contributed by atoms with Crippen LogP contribution in [0.25, 0.3) is 0 Å². The van der Waals surface area contributed by atoms with E-state index in [1.807, 2.05) is 5.43 Å². The molecule has 9 heteroatoms. The van der Waals surface area contributed by atoms with E-state index in [1.54, 1.807) is 0 Å². The first kappa shape index (κ1) is 15.9. The standard InChI is InChI=1S/C8H16N2O7/c9-10-1-6(14)17-5(3-12)8(16)7(15)4(13)2-11/h3-5,7-8,10-11,13,15-16H,1-2,9H2/t4-,5+,7-,8-/m1/s1. The maximum absolute atomic E-state index is 11.0. The van der Waals surface area contributed by atoms with Gasteiger partial charge < -0.3 is 25.2 Å². The van der Waals surface area contributed by atoms with Crippen molar-refractivity contribution in [1.82, 2.24) is 5.43 Å². The van der Waals surface area contributed by atoms with E-state index in [-0.39, 0.29) is 6.29 Å². The number of carbonyl (C=O) groups excluding carboxylic acids is 2. The monoisotopic (exact) mass is 252 g/mol. The van der Waals surface area contributed by atoms with Gasteiger partial charge in [-0.05, 0) is 0 Å². The lowest BCUT2D eigenvalue weighted by atomic mass is 10.0. The number of aldehydes is 1. The second-order valence-corrected chi connectivity index (χ2v) is 3.20. The topological polar surface area (TPSA) is 162 Å². The van der Waals surface area contributed by atoms with Crippen LogP contribution in [0.5, 0.6) is 0 Å². The van der Waals surface area contributed by atoms with Gasteiger partial charge in [0.15, 0.2) is 12.4 Å². The first-order chi connectivity index (χ1) is 7.97. The summed E-state index contributed by atoms with van der Waals surface area (Å²) in [6, 6.07) is 0. The van der Waals surface area contributed by atoms with E-state index in [2.05, 4.69) is 4.74 Å². The molecule has 0 aromatic carbocycles. The Morgan fingerprint density at radius 3 is 2.35 bits per heavy atom. The third kappa shape index (κ3) is 5.17. The highest BCUT2D eigenvalue weighted by Gasteiger charge is 2.33. The Kier molecular flexibility index (Phi) is 7.54. The number of aliphatic hydroxyl groups is 4. The van der Waals surface area contributed by atoms with Gasteiger partial charge in [0.1, 0.15) is 24.9 Å². The number of aliphatic hydroxyl groups excluding tert-OH is 4. The molecular formula is C8H16N2O7. The fourth-order valence-corrected chi connectivity index (χ4v) is 0.985. The summed E-state index contributed by atoms with van der Waals surface area (Å²) in [7, 11) is 0. The number of rotatable bonds is 8. The molecule has 0 unspecified atom stereocenters. The van der Waals surface area contributed by atoms with Crippen molar-refractivity contribution in [2.45, 2.75) is 24.4 Å². The van der Waals surface area contributed by atoms with Crippen molar-refractivity contribution >= 4 is 12.3 Å². The molecule has 7 N–H and O–H groups in total. The molecule has 0 radical (unpaired) electrons. The lowest BCUT2D eigenvalue weighted by molar-refractivity contribution is -0.167. The zero-order chi connectivity index (χ0) is 13.4. The number of ether oxygens (including phenoxy) is 1. The summed E-state index contributed by atoms with van der Waals surface area (Å²) >= 11 is 0. The van der Waals surface area contributed by atoms with Crippen LogP contribution in [-0.2, 0) is 14.3 Å². The van der Waals surface area contributed by atoms with Gasteiger partial charge in [-0.25, -0.2) is 5.43 Å². The summed E-state index contributed by atoms with van der Waals surface area (Å²) in [6.07, 6.45) is -6.90. The average molecular weight is 252 g/mol. The van der Waals surface area contributed by atoms with E-state index < -0.39 is 43.5 Å². The number of hydrogen-bond acceptors (Lipinski definition) is 9. The van der Waals surface area contributed by atoms with Crippen molar-refractivity contribution in [3.05, 3.63) is 0 Å². The Balaban J connectivity index is 4.43. The van der Waals surface area contributed by atoms with Gasteiger partial charge in [-0.1, -0.05) is 0 Å². The van der Waals surface area contributed by atoms with E-state index in [1.165, 1.54) is 0 Å². The van der Waals surface area contributed by atoms with Crippen LogP contribution in [-0.4, -0.2) is 70.2 Å². The smallest absolute Gasteiger partial charge is 0.322 e. The molecule has 0 heterocycles. The normalized spacial score (nSPS) is 17.9. The molecule has 0 spiro atoms. The van der Waals surface area contributed by atoms with Gasteiger partial charge in [-0.3, -0.25) is 15.4 Å². The van der Waals surface area contributed by atoms with Crippen molar-refractivity contribution in [2.24, 2.45) is 5.84 Å². The highest BCUT2D eigenvalue weighted by atomic mass is 16.6. The lowest BCUT2D eigenvalue weighted by Gasteiger charge is -2.25. The molecule has 0 aliphatic heterocycles. The SMILES string of the molecule is NNCC(=O)O[C@@H](C=O)[C@@H](O)[C@H](O)[C@H](O)CO. The van der Waals surface area contributed by atoms with E-state index >= 15 is 0 Å². The second kappa shape index (κ2) is 8.06. The van der Waals surface area contributed by atoms with E-state index in [0.717, 1.165) is 0 Å². The minimum Gasteiger partial charge on any atom is -0.451 e. The molecule has 0 saturated heterocycles. The van der Waals surface area contributed by atoms with E-state index in [0.29, 0.717) is 0 Å². The second-order valence-electron chi connectivity index (χ2n) is 3.20. The summed E-state index contributed by atoms with van der Waals surface area (Å²) in [5, 5.41) is 36.3. The van der Waals surface area contributed by atoms with Crippen molar-refractivity contribution in [3.63, 3.8) is 0 Å². The predicted octanol–water partition coefficient (Wildman–Crippen LogP) is -4.36. The molecule has 0 amide bonds. The zero-order valence-electron chi connectivity index (χ0n) is 8.89. The fraction of sp³-hybridized carbons (Fsp3) is 0.750. The van der Waals surface area contributed by atoms with Crippen molar-refractivity contribution in [1.29, 1.82) is 0 Å². The number of carbonyl (C=O) groups is 2. The van der Waals surface area contributed by atoms with Crippen molar-refractivity contribution < 1.29 is 34.8 Å². The molecule has 100 valence electrons. The summed E-state index contributed by atoms with van der Waals surface area (Å²) < 4.78 is 4.47. The molecule has 0 bridgehead atoms. The lowest BCUT2D eigenvalue weighted by Crippen LogP contribution is -2.48. The summed E-state index contributed by atoms with van der Waals surface area (Å²) in [5.74, 6) is 3.91. The number of hydrogen-bond donors (Lipinski definition) is 6. The largest absolute Gasteiger partial charge is 0.451 e. The van der Waals surface area contributed by atoms with Crippen LogP contribution in [0.2, 0.25) is 0 Å². The molecule has 0 aromatic heterocycles. The van der Waals surface area contributed by atoms with Crippen molar-refractivity contribution in [3.8, 4) is 0 Å². The number of hydrazine groups is 1. The summed E-state index contributed by atoms with van der Waals surface area (Å²) in [5.41, 5.74) is 1.98. The Hall–Kier alpha value is -1.10. The summed E-state index contributed by atoms with van der Waals surface area (Å²) in [4.78, 5) is 21.5. The van der Waals surface area contributed by atoms with Gasteiger partial charge in [-0.15, -0.1) is 0 Å². The van der Waals surface area contributed by atoms with Crippen LogP contribution in [0.1, 0.15) is 0 Å². The Bertz CT molecular complexity index is 250. The average Bonchev–Trinajstić information content (AvgIpc) is 2.33. The van der Waals surface area contributed by atoms with Crippen LogP contribution < -0.4 is 11.3 Å². The molecule has 0 aromatic rings. The third-order valence-electron chi connectivity index (χ3n) is 1.92. The number of nitrogens with one attached hydrogen (secondary N) is 1.